The van der Waals surface area contributed by atoms with Crippen LogP contribution in [0, 0.1) is 0 Å². The maximum absolute atomic E-state index is 5.61. The summed E-state index contributed by atoms with van der Waals surface area (Å²) in [6.45, 7) is 6.03. The predicted molar refractivity (Wildman–Crippen MR) is 73.5 cm³/mol. The van der Waals surface area contributed by atoms with Crippen molar-refractivity contribution in [3.8, 4) is 0 Å². The molecule has 0 bridgehead atoms. The van der Waals surface area contributed by atoms with Gasteiger partial charge in [-0.2, -0.15) is 0 Å². The fourth-order valence-electron chi connectivity index (χ4n) is 2.60. The smallest absolute Gasteiger partial charge is 0.225 e. The summed E-state index contributed by atoms with van der Waals surface area (Å²) in [5, 5.41) is 0. The zero-order valence-corrected chi connectivity index (χ0v) is 11.3. The van der Waals surface area contributed by atoms with E-state index in [-0.39, 0.29) is 0 Å². The molecule has 2 heterocycles. The third-order valence-corrected chi connectivity index (χ3v) is 3.64. The molecule has 1 aromatic rings. The van der Waals surface area contributed by atoms with Gasteiger partial charge in [-0.25, -0.2) is 9.97 Å². The van der Waals surface area contributed by atoms with Gasteiger partial charge < -0.3 is 10.6 Å². The number of nitrogens with two attached hydrogens (primary N) is 1. The molecule has 1 aliphatic heterocycles. The second kappa shape index (κ2) is 6.11. The van der Waals surface area contributed by atoms with E-state index in [9.17, 15) is 0 Å². The maximum atomic E-state index is 5.61. The number of likely N-dealkylation sites (N-methyl/N-ethyl adjacent to an activating group) is 2. The van der Waals surface area contributed by atoms with E-state index in [0.29, 0.717) is 12.6 Å². The van der Waals surface area contributed by atoms with Crippen LogP contribution in [0.15, 0.2) is 12.3 Å². The van der Waals surface area contributed by atoms with Crippen molar-refractivity contribution in [2.45, 2.75) is 32.4 Å². The molecule has 5 heteroatoms. The quantitative estimate of drug-likeness (QED) is 0.838. The Kier molecular flexibility index (Phi) is 4.49. The van der Waals surface area contributed by atoms with E-state index in [1.165, 1.54) is 19.4 Å². The number of hydrogen-bond donors (Lipinski definition) is 1. The summed E-state index contributed by atoms with van der Waals surface area (Å²) in [4.78, 5) is 13.4. The molecule has 1 fully saturated rings. The normalized spacial score (nSPS) is 20.3. The summed E-state index contributed by atoms with van der Waals surface area (Å²) >= 11 is 0. The van der Waals surface area contributed by atoms with E-state index in [0.717, 1.165) is 24.7 Å². The van der Waals surface area contributed by atoms with Gasteiger partial charge in [0.15, 0.2) is 0 Å². The van der Waals surface area contributed by atoms with E-state index in [1.807, 2.05) is 6.07 Å². The second-order valence-electron chi connectivity index (χ2n) is 4.86. The van der Waals surface area contributed by atoms with E-state index in [1.54, 1.807) is 6.20 Å². The maximum Gasteiger partial charge on any atom is 0.225 e. The lowest BCUT2D eigenvalue weighted by molar-refractivity contribution is 0.270. The summed E-state index contributed by atoms with van der Waals surface area (Å²) in [7, 11) is 2.06. The average molecular weight is 249 g/mol. The van der Waals surface area contributed by atoms with Gasteiger partial charge in [0.1, 0.15) is 0 Å². The highest BCUT2D eigenvalue weighted by Crippen LogP contribution is 2.18. The van der Waals surface area contributed by atoms with Gasteiger partial charge in [0, 0.05) is 32.4 Å². The number of aromatic nitrogens is 2. The van der Waals surface area contributed by atoms with Crippen molar-refractivity contribution < 1.29 is 0 Å². The van der Waals surface area contributed by atoms with Gasteiger partial charge in [-0.05, 0) is 32.0 Å². The van der Waals surface area contributed by atoms with Crippen molar-refractivity contribution in [3.05, 3.63) is 18.0 Å². The number of nitrogens with zero attached hydrogens (tertiary/aromatic N) is 4. The molecule has 1 aliphatic rings. The van der Waals surface area contributed by atoms with Crippen LogP contribution in [0.1, 0.15) is 25.5 Å². The van der Waals surface area contributed by atoms with Crippen LogP contribution in [-0.2, 0) is 6.54 Å². The first-order valence-electron chi connectivity index (χ1n) is 6.71. The minimum Gasteiger partial charge on any atom is -0.342 e. The van der Waals surface area contributed by atoms with E-state index in [4.69, 9.17) is 5.73 Å². The highest BCUT2D eigenvalue weighted by molar-refractivity contribution is 5.29. The Balaban J connectivity index is 2.00. The van der Waals surface area contributed by atoms with Gasteiger partial charge in [0.05, 0.1) is 5.69 Å². The molecule has 0 aromatic carbocycles. The number of anilines is 1. The van der Waals surface area contributed by atoms with Crippen LogP contribution in [0.2, 0.25) is 0 Å². The minimum absolute atomic E-state index is 0.466. The van der Waals surface area contributed by atoms with Crippen molar-refractivity contribution in [2.24, 2.45) is 5.73 Å². The lowest BCUT2D eigenvalue weighted by atomic mass is 10.2. The molecule has 1 aromatic heterocycles. The molecule has 1 unspecified atom stereocenters. The van der Waals surface area contributed by atoms with E-state index in [2.05, 4.69) is 33.7 Å². The Morgan fingerprint density at radius 3 is 3.11 bits per heavy atom. The van der Waals surface area contributed by atoms with E-state index >= 15 is 0 Å². The standard InChI is InChI=1S/C13H23N5/c1-3-18-8-4-5-12(18)10-17(2)13-15-7-6-11(9-14)16-13/h6-7,12H,3-5,8-10,14H2,1-2H3. The second-order valence-corrected chi connectivity index (χ2v) is 4.86. The average Bonchev–Trinajstić information content (AvgIpc) is 2.86. The van der Waals surface area contributed by atoms with Crippen molar-refractivity contribution in [2.75, 3.05) is 31.6 Å². The molecule has 0 radical (unpaired) electrons. The SMILES string of the molecule is CCN1CCCC1CN(C)c1nccc(CN)n1. The summed E-state index contributed by atoms with van der Waals surface area (Å²) in [5.74, 6) is 0.779. The first-order chi connectivity index (χ1) is 8.74. The Bertz CT molecular complexity index is 381. The monoisotopic (exact) mass is 249 g/mol. The molecule has 2 N–H and O–H groups in total. The van der Waals surface area contributed by atoms with Crippen LogP contribution in [-0.4, -0.2) is 47.6 Å². The summed E-state index contributed by atoms with van der Waals surface area (Å²) in [6, 6.07) is 2.50. The lowest BCUT2D eigenvalue weighted by Crippen LogP contribution is -2.39. The Hall–Kier alpha value is -1.20. The predicted octanol–water partition coefficient (Wildman–Crippen LogP) is 0.856. The van der Waals surface area contributed by atoms with Gasteiger partial charge in [-0.15, -0.1) is 0 Å². The summed E-state index contributed by atoms with van der Waals surface area (Å²) in [5.41, 5.74) is 6.50. The van der Waals surface area contributed by atoms with Crippen LogP contribution >= 0.6 is 0 Å². The first-order valence-corrected chi connectivity index (χ1v) is 6.71. The third-order valence-electron chi connectivity index (χ3n) is 3.64. The van der Waals surface area contributed by atoms with Gasteiger partial charge >= 0.3 is 0 Å². The molecule has 5 nitrogen and oxygen atoms in total. The van der Waals surface area contributed by atoms with Crippen LogP contribution in [0.3, 0.4) is 0 Å². The molecule has 0 saturated carbocycles. The van der Waals surface area contributed by atoms with Crippen molar-refractivity contribution >= 4 is 5.95 Å². The highest BCUT2D eigenvalue weighted by atomic mass is 15.3. The summed E-state index contributed by atoms with van der Waals surface area (Å²) in [6.07, 6.45) is 4.36. The van der Waals surface area contributed by atoms with Gasteiger partial charge in [0.25, 0.3) is 0 Å². The van der Waals surface area contributed by atoms with Crippen LogP contribution in [0.4, 0.5) is 5.95 Å². The topological polar surface area (TPSA) is 58.3 Å². The van der Waals surface area contributed by atoms with Crippen molar-refractivity contribution in [1.29, 1.82) is 0 Å². The minimum atomic E-state index is 0.466. The molecule has 2 rings (SSSR count). The molecule has 0 spiro atoms. The molecule has 1 saturated heterocycles. The number of likely N-dealkylation sites (tertiary alicyclic amines) is 1. The van der Waals surface area contributed by atoms with Crippen LogP contribution in [0.25, 0.3) is 0 Å². The van der Waals surface area contributed by atoms with Crippen LogP contribution in [0.5, 0.6) is 0 Å². The number of rotatable bonds is 5. The molecule has 0 amide bonds. The van der Waals surface area contributed by atoms with E-state index < -0.39 is 0 Å². The van der Waals surface area contributed by atoms with Gasteiger partial charge in [-0.3, -0.25) is 4.90 Å². The molecular formula is C13H23N5. The van der Waals surface area contributed by atoms with Crippen LogP contribution < -0.4 is 10.6 Å². The van der Waals surface area contributed by atoms with Crippen molar-refractivity contribution in [1.82, 2.24) is 14.9 Å². The Morgan fingerprint density at radius 2 is 2.39 bits per heavy atom. The fourth-order valence-corrected chi connectivity index (χ4v) is 2.60. The molecular weight excluding hydrogens is 226 g/mol. The number of hydrogen-bond acceptors (Lipinski definition) is 5. The first kappa shape index (κ1) is 13.2. The fraction of sp³-hybridized carbons (Fsp3) is 0.692. The largest absolute Gasteiger partial charge is 0.342 e. The highest BCUT2D eigenvalue weighted by Gasteiger charge is 2.24. The Labute approximate surface area is 109 Å². The van der Waals surface area contributed by atoms with Gasteiger partial charge in [0.2, 0.25) is 5.95 Å². The van der Waals surface area contributed by atoms with Gasteiger partial charge in [-0.1, -0.05) is 6.92 Å². The lowest BCUT2D eigenvalue weighted by Gasteiger charge is -2.27. The Morgan fingerprint density at radius 1 is 1.56 bits per heavy atom. The zero-order valence-electron chi connectivity index (χ0n) is 11.3. The van der Waals surface area contributed by atoms with Crippen molar-refractivity contribution in [3.63, 3.8) is 0 Å². The molecule has 1 atom stereocenters. The summed E-state index contributed by atoms with van der Waals surface area (Å²) < 4.78 is 0. The molecule has 0 aliphatic carbocycles. The third kappa shape index (κ3) is 2.97. The molecule has 18 heavy (non-hydrogen) atoms. The molecule has 100 valence electrons. The zero-order chi connectivity index (χ0) is 13.0.